The van der Waals surface area contributed by atoms with E-state index in [1.807, 2.05) is 5.32 Å². The number of aliphatic carboxylic acids is 2. The van der Waals surface area contributed by atoms with Gasteiger partial charge < -0.3 is 42.7 Å². The molecular weight excluding hydrogens is 394 g/mol. The molecule has 0 radical (unpaired) electrons. The van der Waals surface area contributed by atoms with Gasteiger partial charge in [0.25, 0.3) is 0 Å². The number of carbonyl (C=O) groups excluding carboxylic acids is 4. The van der Waals surface area contributed by atoms with Crippen molar-refractivity contribution in [3.05, 3.63) is 0 Å². The predicted octanol–water partition coefficient (Wildman–Crippen LogP) is -4.39. The Bertz CT molecular complexity index is 652. The highest BCUT2D eigenvalue weighted by molar-refractivity contribution is 5.94. The van der Waals surface area contributed by atoms with E-state index in [9.17, 15) is 33.9 Å². The number of hydrogen-bond donors (Lipinski definition) is 8. The highest BCUT2D eigenvalue weighted by Gasteiger charge is 2.32. The number of nitrogens with two attached hydrogens (primary N) is 2. The normalized spacial score (nSPS) is 14.6. The van der Waals surface area contributed by atoms with Crippen LogP contribution < -0.4 is 27.4 Å². The van der Waals surface area contributed by atoms with Crippen LogP contribution >= 0.6 is 0 Å². The Morgan fingerprint density at radius 2 is 1.48 bits per heavy atom. The quantitative estimate of drug-likeness (QED) is 0.142. The minimum Gasteiger partial charge on any atom is -0.481 e. The summed E-state index contributed by atoms with van der Waals surface area (Å²) < 4.78 is 0. The van der Waals surface area contributed by atoms with Gasteiger partial charge in [0.15, 0.2) is 0 Å². The van der Waals surface area contributed by atoms with Gasteiger partial charge in [0, 0.05) is 6.42 Å². The summed E-state index contributed by atoms with van der Waals surface area (Å²) >= 11 is 0. The van der Waals surface area contributed by atoms with Crippen molar-refractivity contribution in [1.29, 1.82) is 0 Å². The van der Waals surface area contributed by atoms with Crippen LogP contribution in [0.3, 0.4) is 0 Å². The average molecular weight is 419 g/mol. The highest BCUT2D eigenvalue weighted by atomic mass is 16.4. The summed E-state index contributed by atoms with van der Waals surface area (Å²) in [6.45, 7) is 0.702. The number of hydrogen-bond acceptors (Lipinski definition) is 8. The molecule has 0 bridgehead atoms. The Kier molecular flexibility index (Phi) is 10.9. The van der Waals surface area contributed by atoms with Gasteiger partial charge in [-0.1, -0.05) is 0 Å². The smallest absolute Gasteiger partial charge is 0.326 e. The number of rotatable bonds is 13. The maximum Gasteiger partial charge on any atom is 0.326 e. The third-order valence-electron chi connectivity index (χ3n) is 3.57. The number of carbonyl (C=O) groups is 6. The second-order valence-electron chi connectivity index (χ2n) is 6.05. The van der Waals surface area contributed by atoms with Gasteiger partial charge in [0.1, 0.15) is 18.1 Å². The summed E-state index contributed by atoms with van der Waals surface area (Å²) in [4.78, 5) is 69.0. The van der Waals surface area contributed by atoms with Gasteiger partial charge in [0.2, 0.25) is 23.6 Å². The molecule has 0 spiro atoms. The molecule has 10 N–H and O–H groups in total. The molecule has 0 fully saturated rings. The molecule has 164 valence electrons. The Hall–Kier alpha value is -3.26. The summed E-state index contributed by atoms with van der Waals surface area (Å²) in [7, 11) is 0. The fourth-order valence-electron chi connectivity index (χ4n) is 2.11. The molecule has 14 heteroatoms. The van der Waals surface area contributed by atoms with E-state index in [1.54, 1.807) is 0 Å². The molecule has 0 aromatic heterocycles. The molecule has 0 rings (SSSR count). The van der Waals surface area contributed by atoms with Gasteiger partial charge in [-0.25, -0.2) is 4.79 Å². The lowest BCUT2D eigenvalue weighted by Gasteiger charge is -2.25. The van der Waals surface area contributed by atoms with Crippen molar-refractivity contribution in [1.82, 2.24) is 16.0 Å². The number of amides is 4. The van der Waals surface area contributed by atoms with E-state index in [1.165, 1.54) is 6.92 Å². The molecule has 14 nitrogen and oxygen atoms in total. The van der Waals surface area contributed by atoms with Crippen LogP contribution in [0, 0.1) is 0 Å². The Labute approximate surface area is 165 Å². The van der Waals surface area contributed by atoms with Crippen LogP contribution in [-0.2, 0) is 28.8 Å². The van der Waals surface area contributed by atoms with Gasteiger partial charge in [-0.05, 0) is 13.3 Å². The summed E-state index contributed by atoms with van der Waals surface area (Å²) in [5, 5.41) is 33.8. The zero-order valence-electron chi connectivity index (χ0n) is 15.6. The first-order chi connectivity index (χ1) is 13.4. The lowest BCUT2D eigenvalue weighted by molar-refractivity contribution is -0.144. The maximum atomic E-state index is 12.4. The second-order valence-corrected chi connectivity index (χ2v) is 6.05. The summed E-state index contributed by atoms with van der Waals surface area (Å²) in [6.07, 6.45) is -3.13. The van der Waals surface area contributed by atoms with Crippen LogP contribution in [0.5, 0.6) is 0 Å². The van der Waals surface area contributed by atoms with E-state index in [2.05, 4.69) is 10.6 Å². The number of nitrogens with one attached hydrogen (secondary N) is 3. The number of carboxylic acid groups (broad SMARTS) is 2. The zero-order chi connectivity index (χ0) is 22.7. The Balaban J connectivity index is 5.41. The lowest BCUT2D eigenvalue weighted by Crippen LogP contribution is -2.59. The van der Waals surface area contributed by atoms with E-state index in [-0.39, 0.29) is 0 Å². The third kappa shape index (κ3) is 10.0. The molecule has 0 aromatic carbocycles. The molecule has 0 saturated carbocycles. The van der Waals surface area contributed by atoms with E-state index in [4.69, 9.17) is 21.7 Å². The van der Waals surface area contributed by atoms with E-state index in [0.29, 0.717) is 0 Å². The third-order valence-corrected chi connectivity index (χ3v) is 3.57. The number of primary amides is 1. The molecule has 4 unspecified atom stereocenters. The summed E-state index contributed by atoms with van der Waals surface area (Å²) in [5.74, 6) is -6.78. The van der Waals surface area contributed by atoms with Crippen molar-refractivity contribution in [2.24, 2.45) is 11.5 Å². The van der Waals surface area contributed by atoms with E-state index >= 15 is 0 Å². The summed E-state index contributed by atoms with van der Waals surface area (Å²) in [5.41, 5.74) is 10.0. The van der Waals surface area contributed by atoms with Crippen molar-refractivity contribution < 1.29 is 44.1 Å². The fourth-order valence-corrected chi connectivity index (χ4v) is 2.11. The number of aliphatic hydroxyl groups excluding tert-OH is 1. The van der Waals surface area contributed by atoms with Crippen LogP contribution in [0.25, 0.3) is 0 Å². The first-order valence-corrected chi connectivity index (χ1v) is 8.40. The van der Waals surface area contributed by atoms with Crippen molar-refractivity contribution in [2.75, 3.05) is 6.54 Å². The molecule has 0 aliphatic heterocycles. The van der Waals surface area contributed by atoms with Gasteiger partial charge >= 0.3 is 11.9 Å². The maximum absolute atomic E-state index is 12.4. The molecule has 0 heterocycles. The Morgan fingerprint density at radius 1 is 0.931 bits per heavy atom. The molecule has 4 atom stereocenters. The first kappa shape index (κ1) is 25.7. The SMILES string of the molecule is CC(O)C(NC(=O)CN)C(=O)NC(CCC(=O)O)C(=O)NC(CC(N)=O)C(=O)O. The molecule has 29 heavy (non-hydrogen) atoms. The largest absolute Gasteiger partial charge is 0.481 e. The standard InChI is InChI=1S/C15H25N5O9/c1-6(21)12(20-10(23)5-16)14(27)18-7(2-3-11(24)25)13(26)19-8(15(28)29)4-9(17)22/h6-8,12,21H,2-5,16H2,1H3,(H2,17,22)(H,18,27)(H,19,26)(H,20,23)(H,24,25)(H,28,29). The summed E-state index contributed by atoms with van der Waals surface area (Å²) in [6, 6.07) is -4.75. The van der Waals surface area contributed by atoms with Gasteiger partial charge in [-0.15, -0.1) is 0 Å². The second kappa shape index (κ2) is 12.2. The number of aliphatic hydroxyl groups is 1. The Morgan fingerprint density at radius 3 is 1.90 bits per heavy atom. The van der Waals surface area contributed by atoms with Crippen LogP contribution in [0.4, 0.5) is 0 Å². The van der Waals surface area contributed by atoms with Gasteiger partial charge in [-0.3, -0.25) is 24.0 Å². The van der Waals surface area contributed by atoms with Crippen molar-refractivity contribution >= 4 is 35.6 Å². The zero-order valence-corrected chi connectivity index (χ0v) is 15.6. The topological polar surface area (TPSA) is 251 Å². The molecule has 0 saturated heterocycles. The predicted molar refractivity (Wildman–Crippen MR) is 94.8 cm³/mol. The van der Waals surface area contributed by atoms with Crippen molar-refractivity contribution in [2.45, 2.75) is 50.4 Å². The van der Waals surface area contributed by atoms with Crippen LogP contribution in [0.2, 0.25) is 0 Å². The van der Waals surface area contributed by atoms with E-state index < -0.39 is 85.6 Å². The molecule has 4 amide bonds. The van der Waals surface area contributed by atoms with Crippen LogP contribution in [0.15, 0.2) is 0 Å². The van der Waals surface area contributed by atoms with Crippen LogP contribution in [0.1, 0.15) is 26.2 Å². The molecule has 0 aromatic rings. The minimum absolute atomic E-state index is 0.437. The van der Waals surface area contributed by atoms with E-state index in [0.717, 1.165) is 0 Å². The molecular formula is C15H25N5O9. The van der Waals surface area contributed by atoms with Gasteiger partial charge in [-0.2, -0.15) is 0 Å². The fraction of sp³-hybridized carbons (Fsp3) is 0.600. The van der Waals surface area contributed by atoms with Crippen molar-refractivity contribution in [3.63, 3.8) is 0 Å². The highest BCUT2D eigenvalue weighted by Crippen LogP contribution is 2.03. The minimum atomic E-state index is -1.70. The van der Waals surface area contributed by atoms with Gasteiger partial charge in [0.05, 0.1) is 19.1 Å². The number of carboxylic acids is 2. The lowest BCUT2D eigenvalue weighted by atomic mass is 10.1. The molecule has 0 aliphatic carbocycles. The van der Waals surface area contributed by atoms with Crippen molar-refractivity contribution in [3.8, 4) is 0 Å². The molecule has 0 aliphatic rings. The monoisotopic (exact) mass is 419 g/mol. The first-order valence-electron chi connectivity index (χ1n) is 8.40. The van der Waals surface area contributed by atoms with Crippen LogP contribution in [-0.4, -0.2) is 81.7 Å². The average Bonchev–Trinajstić information content (AvgIpc) is 2.60.